The van der Waals surface area contributed by atoms with E-state index in [1.165, 1.54) is 11.3 Å². The number of thiazole rings is 1. The average molecular weight is 379 g/mol. The number of carbonyl (C=O) groups is 1. The van der Waals surface area contributed by atoms with Gasteiger partial charge in [0.2, 0.25) is 5.82 Å². The molecular formula is C17H13N7O2S. The number of rotatable bonds is 5. The Morgan fingerprint density at radius 2 is 1.96 bits per heavy atom. The lowest BCUT2D eigenvalue weighted by atomic mass is 10.3. The van der Waals surface area contributed by atoms with Gasteiger partial charge in [-0.2, -0.15) is 4.98 Å². The Hall–Kier alpha value is -3.66. The van der Waals surface area contributed by atoms with Crippen LogP contribution in [0.15, 0.2) is 53.4 Å². The van der Waals surface area contributed by atoms with Crippen molar-refractivity contribution >= 4 is 23.3 Å². The number of carbonyl (C=O) groups excluding carboxylic acids is 1. The van der Waals surface area contributed by atoms with E-state index in [-0.39, 0.29) is 11.9 Å². The molecule has 4 aromatic heterocycles. The van der Waals surface area contributed by atoms with Crippen LogP contribution in [-0.4, -0.2) is 31.0 Å². The van der Waals surface area contributed by atoms with Crippen LogP contribution in [0.2, 0.25) is 0 Å². The Morgan fingerprint density at radius 3 is 2.74 bits per heavy atom. The summed E-state index contributed by atoms with van der Waals surface area (Å²) >= 11 is 1.26. The minimum Gasteiger partial charge on any atom is -0.313 e. The minimum absolute atomic E-state index is 0.0716. The number of amides is 1. The van der Waals surface area contributed by atoms with Crippen LogP contribution < -0.4 is 10.9 Å². The molecule has 0 aliphatic heterocycles. The maximum absolute atomic E-state index is 12.4. The van der Waals surface area contributed by atoms with Gasteiger partial charge in [-0.05, 0) is 31.2 Å². The van der Waals surface area contributed by atoms with E-state index in [2.05, 4.69) is 35.9 Å². The normalized spacial score (nSPS) is 10.6. The Labute approximate surface area is 157 Å². The van der Waals surface area contributed by atoms with Gasteiger partial charge in [0.25, 0.3) is 5.91 Å². The largest absolute Gasteiger partial charge is 0.340 e. The van der Waals surface area contributed by atoms with Crippen molar-refractivity contribution in [3.63, 3.8) is 0 Å². The molecule has 9 nitrogen and oxygen atoms in total. The molecule has 10 heteroatoms. The first-order valence-electron chi connectivity index (χ1n) is 7.90. The first kappa shape index (κ1) is 16.8. The quantitative estimate of drug-likeness (QED) is 0.508. The van der Waals surface area contributed by atoms with Crippen molar-refractivity contribution in [2.75, 3.05) is 5.43 Å². The van der Waals surface area contributed by atoms with Crippen LogP contribution in [0.3, 0.4) is 0 Å². The fourth-order valence-electron chi connectivity index (χ4n) is 2.27. The highest BCUT2D eigenvalue weighted by molar-refractivity contribution is 7.17. The second-order valence-electron chi connectivity index (χ2n) is 5.39. The molecule has 4 rings (SSSR count). The van der Waals surface area contributed by atoms with Crippen molar-refractivity contribution in [3.8, 4) is 22.1 Å². The molecule has 0 aliphatic rings. The lowest BCUT2D eigenvalue weighted by molar-refractivity contribution is 0.0964. The van der Waals surface area contributed by atoms with Crippen molar-refractivity contribution in [2.45, 2.75) is 6.92 Å². The minimum atomic E-state index is -0.351. The standard InChI is InChI=1S/C17H13N7O2S/c1-10-13(27-16(20-10)12-4-2-3-7-19-12)15(25)22-23-17-21-14(24-26-17)11-5-8-18-9-6-11/h2-9H,1H3,(H,22,25)(H,21,23,24). The van der Waals surface area contributed by atoms with Crippen molar-refractivity contribution in [1.29, 1.82) is 0 Å². The molecule has 0 spiro atoms. The van der Waals surface area contributed by atoms with Gasteiger partial charge in [-0.1, -0.05) is 11.2 Å². The SMILES string of the molecule is Cc1nc(-c2ccccn2)sc1C(=O)NNc1nc(-c2ccncc2)no1. The Balaban J connectivity index is 1.45. The van der Waals surface area contributed by atoms with Gasteiger partial charge in [-0.25, -0.2) is 10.4 Å². The second-order valence-corrected chi connectivity index (χ2v) is 6.39. The lowest BCUT2D eigenvalue weighted by Gasteiger charge is -2.02. The van der Waals surface area contributed by atoms with Crippen LogP contribution in [-0.2, 0) is 0 Å². The van der Waals surface area contributed by atoms with E-state index in [1.54, 1.807) is 37.6 Å². The van der Waals surface area contributed by atoms with Crippen molar-refractivity contribution < 1.29 is 9.32 Å². The third kappa shape index (κ3) is 3.65. The van der Waals surface area contributed by atoms with Crippen LogP contribution in [0.5, 0.6) is 0 Å². The number of pyridine rings is 2. The summed E-state index contributed by atoms with van der Waals surface area (Å²) in [7, 11) is 0. The molecule has 0 aromatic carbocycles. The van der Waals surface area contributed by atoms with Crippen LogP contribution in [0.25, 0.3) is 22.1 Å². The van der Waals surface area contributed by atoms with Crippen LogP contribution in [0, 0.1) is 6.92 Å². The number of aromatic nitrogens is 5. The Morgan fingerprint density at radius 1 is 1.11 bits per heavy atom. The molecule has 4 heterocycles. The molecule has 1 amide bonds. The summed E-state index contributed by atoms with van der Waals surface area (Å²) < 4.78 is 5.08. The number of aryl methyl sites for hydroxylation is 1. The molecule has 0 fully saturated rings. The monoisotopic (exact) mass is 379 g/mol. The molecule has 0 unspecified atom stereocenters. The highest BCUT2D eigenvalue weighted by Crippen LogP contribution is 2.26. The predicted molar refractivity (Wildman–Crippen MR) is 98.7 cm³/mol. The summed E-state index contributed by atoms with van der Waals surface area (Å²) in [6, 6.07) is 9.13. The van der Waals surface area contributed by atoms with Crippen LogP contribution >= 0.6 is 11.3 Å². The van der Waals surface area contributed by atoms with Gasteiger partial charge in [0.1, 0.15) is 9.88 Å². The predicted octanol–water partition coefficient (Wildman–Crippen LogP) is 2.72. The van der Waals surface area contributed by atoms with E-state index in [4.69, 9.17) is 4.52 Å². The van der Waals surface area contributed by atoms with E-state index in [0.717, 1.165) is 11.3 Å². The Kier molecular flexibility index (Phi) is 4.54. The smallest absolute Gasteiger partial charge is 0.313 e. The van der Waals surface area contributed by atoms with Crippen LogP contribution in [0.1, 0.15) is 15.4 Å². The third-order valence-electron chi connectivity index (χ3n) is 3.53. The maximum Gasteiger partial charge on any atom is 0.340 e. The van der Waals surface area contributed by atoms with E-state index >= 15 is 0 Å². The zero-order valence-corrected chi connectivity index (χ0v) is 14.9. The number of hydrogen-bond acceptors (Lipinski definition) is 9. The van der Waals surface area contributed by atoms with Crippen molar-refractivity contribution in [2.24, 2.45) is 0 Å². The molecule has 0 saturated heterocycles. The van der Waals surface area contributed by atoms with Gasteiger partial charge in [-0.15, -0.1) is 11.3 Å². The molecule has 0 atom stereocenters. The topological polar surface area (TPSA) is 119 Å². The molecule has 0 bridgehead atoms. The van der Waals surface area contributed by atoms with E-state index in [1.807, 2.05) is 18.2 Å². The summed E-state index contributed by atoms with van der Waals surface area (Å²) in [5, 5.41) is 4.53. The summed E-state index contributed by atoms with van der Waals surface area (Å²) in [5.41, 5.74) is 7.24. The fourth-order valence-corrected chi connectivity index (χ4v) is 3.20. The first-order valence-corrected chi connectivity index (χ1v) is 8.71. The molecule has 2 N–H and O–H groups in total. The van der Waals surface area contributed by atoms with Crippen LogP contribution in [0.4, 0.5) is 6.01 Å². The van der Waals surface area contributed by atoms with Gasteiger partial charge in [0, 0.05) is 24.2 Å². The first-order chi connectivity index (χ1) is 13.2. The summed E-state index contributed by atoms with van der Waals surface area (Å²) in [5.74, 6) is 0.0383. The molecule has 0 aliphatic carbocycles. The lowest BCUT2D eigenvalue weighted by Crippen LogP contribution is -2.29. The average Bonchev–Trinajstić information content (AvgIpc) is 3.34. The summed E-state index contributed by atoms with van der Waals surface area (Å²) in [6.45, 7) is 1.77. The molecule has 4 aromatic rings. The third-order valence-corrected chi connectivity index (χ3v) is 4.71. The van der Waals surface area contributed by atoms with Crippen molar-refractivity contribution in [3.05, 3.63) is 59.5 Å². The fraction of sp³-hybridized carbons (Fsp3) is 0.0588. The van der Waals surface area contributed by atoms with Gasteiger partial charge >= 0.3 is 6.01 Å². The summed E-state index contributed by atoms with van der Waals surface area (Å²) in [6.07, 6.45) is 4.95. The van der Waals surface area contributed by atoms with E-state index < -0.39 is 0 Å². The maximum atomic E-state index is 12.4. The Bertz CT molecular complexity index is 1060. The highest BCUT2D eigenvalue weighted by atomic mass is 32.1. The zero-order chi connectivity index (χ0) is 18.6. The molecule has 134 valence electrons. The number of nitrogens with zero attached hydrogens (tertiary/aromatic N) is 5. The van der Waals surface area contributed by atoms with Gasteiger partial charge in [0.05, 0.1) is 11.4 Å². The van der Waals surface area contributed by atoms with Gasteiger partial charge in [-0.3, -0.25) is 20.2 Å². The number of nitrogens with one attached hydrogen (secondary N) is 2. The highest BCUT2D eigenvalue weighted by Gasteiger charge is 2.17. The zero-order valence-electron chi connectivity index (χ0n) is 14.1. The number of anilines is 1. The van der Waals surface area contributed by atoms with E-state index in [0.29, 0.717) is 21.4 Å². The second kappa shape index (κ2) is 7.30. The number of hydrogen-bond donors (Lipinski definition) is 2. The van der Waals surface area contributed by atoms with E-state index in [9.17, 15) is 4.79 Å². The molecule has 27 heavy (non-hydrogen) atoms. The summed E-state index contributed by atoms with van der Waals surface area (Å²) in [4.78, 5) is 29.7. The molecule has 0 saturated carbocycles. The van der Waals surface area contributed by atoms with Gasteiger partial charge in [0.15, 0.2) is 0 Å². The molecular weight excluding hydrogens is 366 g/mol. The van der Waals surface area contributed by atoms with Gasteiger partial charge < -0.3 is 4.52 Å². The molecule has 0 radical (unpaired) electrons. The number of hydrazine groups is 1. The van der Waals surface area contributed by atoms with Crippen molar-refractivity contribution in [1.82, 2.24) is 30.5 Å².